The number of aromatic hydroxyl groups is 1. The van der Waals surface area contributed by atoms with Crippen LogP contribution in [0.1, 0.15) is 54.1 Å². The average Bonchev–Trinajstić information content (AvgIpc) is 0.733. The van der Waals surface area contributed by atoms with Crippen LogP contribution in [0.15, 0.2) is 381 Å². The van der Waals surface area contributed by atoms with Gasteiger partial charge in [-0.25, -0.2) is 29.6 Å². The second-order valence-electron chi connectivity index (χ2n) is 24.1. The molecule has 1 N–H and O–H groups in total. The predicted octanol–water partition coefficient (Wildman–Crippen LogP) is 19.8. The van der Waals surface area contributed by atoms with Crippen LogP contribution in [0, 0.1) is 5.82 Å². The van der Waals surface area contributed by atoms with Crippen LogP contribution in [0.3, 0.4) is 0 Å². The predicted molar refractivity (Wildman–Crippen MR) is 394 cm³/mol. The molecular formula is C87H59FO14S3. The molecule has 0 aliphatic heterocycles. The summed E-state index contributed by atoms with van der Waals surface area (Å²) in [7, 11) is -11.8. The summed E-state index contributed by atoms with van der Waals surface area (Å²) in [5.41, 5.74) is 4.96. The lowest BCUT2D eigenvalue weighted by atomic mass is 9.65. The molecule has 0 bridgehead atoms. The molecule has 18 heteroatoms. The largest absolute Gasteiger partial charge is 0.508 e. The molecule has 0 fully saturated rings. The van der Waals surface area contributed by atoms with Crippen molar-refractivity contribution in [2.75, 3.05) is 0 Å². The molecule has 0 saturated carbocycles. The minimum atomic E-state index is -3.98. The zero-order valence-electron chi connectivity index (χ0n) is 55.3. The Morgan fingerprint density at radius 3 is 0.648 bits per heavy atom. The third-order valence-electron chi connectivity index (χ3n) is 17.4. The topological polar surface area (TPSA) is 203 Å². The molecule has 0 aliphatic rings. The van der Waals surface area contributed by atoms with E-state index in [-0.39, 0.29) is 46.7 Å². The van der Waals surface area contributed by atoms with Crippen LogP contribution in [0.4, 0.5) is 4.39 Å². The van der Waals surface area contributed by atoms with E-state index in [9.17, 15) is 44.3 Å². The van der Waals surface area contributed by atoms with E-state index >= 15 is 0 Å². The molecular weight excluding hydrogens is 1380 g/mol. The summed E-state index contributed by atoms with van der Waals surface area (Å²) in [5, 5.41) is 9.54. The standard InChI is InChI=1S/C87H59FO14S3/c88-67-23-11-59(12-24-67)85(90)60-13-27-69(28-14-60)98-72-33-19-65(20-34-72)87(63-7-3-1-4-8-63,64-9-5-2-6-10-64)66-21-35-73(36-22-66)99-70-29-15-61(16-30-70)86(91)62-17-31-71(32-18-62)100-74-37-51-81(52-38-74)104(94,95)82-53-43-77(44-54-82)102-78-45-57-84(58-46-78)105(96,97)83-55-41-76(42-56-83)101-75-39-49-80(50-40-75)103(92,93)79-47-25-68(89)26-48-79/h1-58,89H. The Morgan fingerprint density at radius 2 is 0.419 bits per heavy atom. The van der Waals surface area contributed by atoms with Gasteiger partial charge in [-0.2, -0.15) is 0 Å². The van der Waals surface area contributed by atoms with Crippen molar-refractivity contribution >= 4 is 41.1 Å². The number of phenolic OH excluding ortho intramolecular Hbond substituents is 1. The second kappa shape index (κ2) is 29.5. The van der Waals surface area contributed by atoms with E-state index in [0.717, 1.165) is 22.3 Å². The summed E-state index contributed by atoms with van der Waals surface area (Å²) >= 11 is 0. The molecule has 14 aromatic carbocycles. The molecule has 0 unspecified atom stereocenters. The number of sulfone groups is 3. The highest BCUT2D eigenvalue weighted by Gasteiger charge is 2.38. The molecule has 14 rings (SSSR count). The summed E-state index contributed by atoms with van der Waals surface area (Å²) < 4.78 is 125. The lowest BCUT2D eigenvalue weighted by Crippen LogP contribution is -2.30. The minimum Gasteiger partial charge on any atom is -0.508 e. The van der Waals surface area contributed by atoms with Crippen molar-refractivity contribution in [1.82, 2.24) is 0 Å². The highest BCUT2D eigenvalue weighted by atomic mass is 32.2. The van der Waals surface area contributed by atoms with Gasteiger partial charge in [0.15, 0.2) is 11.6 Å². The Kier molecular flexibility index (Phi) is 19.4. The molecule has 0 radical (unpaired) electrons. The first kappa shape index (κ1) is 69.1. The lowest BCUT2D eigenvalue weighted by molar-refractivity contribution is 0.103. The highest BCUT2D eigenvalue weighted by molar-refractivity contribution is 7.92. The minimum absolute atomic E-state index is 0.000821. The number of hydrogen-bond acceptors (Lipinski definition) is 14. The van der Waals surface area contributed by atoms with E-state index in [2.05, 4.69) is 48.5 Å². The third-order valence-corrected chi connectivity index (χ3v) is 22.8. The first-order chi connectivity index (χ1) is 50.8. The zero-order valence-corrected chi connectivity index (χ0v) is 57.8. The van der Waals surface area contributed by atoms with Gasteiger partial charge >= 0.3 is 0 Å². The summed E-state index contributed by atoms with van der Waals surface area (Å²) in [5.74, 6) is 3.36. The first-order valence-electron chi connectivity index (χ1n) is 32.8. The normalized spacial score (nSPS) is 11.6. The molecule has 14 nitrogen and oxygen atoms in total. The molecule has 0 atom stereocenters. The molecule has 105 heavy (non-hydrogen) atoms. The van der Waals surface area contributed by atoms with E-state index in [1.165, 1.54) is 170 Å². The molecule has 0 saturated heterocycles. The van der Waals surface area contributed by atoms with Gasteiger partial charge in [0, 0.05) is 22.3 Å². The number of carbonyl (C=O) groups is 2. The van der Waals surface area contributed by atoms with Crippen LogP contribution >= 0.6 is 0 Å². The number of benzene rings is 14. The van der Waals surface area contributed by atoms with Gasteiger partial charge in [0.2, 0.25) is 29.5 Å². The van der Waals surface area contributed by atoms with Crippen molar-refractivity contribution in [1.29, 1.82) is 0 Å². The summed E-state index contributed by atoms with van der Waals surface area (Å²) in [6.45, 7) is 0. The van der Waals surface area contributed by atoms with Gasteiger partial charge in [-0.05, 0) is 289 Å². The van der Waals surface area contributed by atoms with Crippen LogP contribution in [0.2, 0.25) is 0 Å². The van der Waals surface area contributed by atoms with Crippen LogP contribution in [-0.4, -0.2) is 41.9 Å². The molecule has 0 aromatic heterocycles. The smallest absolute Gasteiger partial charge is 0.206 e. The monoisotopic (exact) mass is 1440 g/mol. The van der Waals surface area contributed by atoms with E-state index in [1.54, 1.807) is 72.8 Å². The van der Waals surface area contributed by atoms with Crippen LogP contribution < -0.4 is 23.7 Å². The quantitative estimate of drug-likeness (QED) is 0.0442. The van der Waals surface area contributed by atoms with Crippen LogP contribution in [-0.2, 0) is 34.9 Å². The van der Waals surface area contributed by atoms with Gasteiger partial charge in [-0.15, -0.1) is 0 Å². The van der Waals surface area contributed by atoms with E-state index in [1.807, 2.05) is 60.7 Å². The lowest BCUT2D eigenvalue weighted by Gasteiger charge is -2.37. The second-order valence-corrected chi connectivity index (χ2v) is 30.0. The number of phenols is 1. The van der Waals surface area contributed by atoms with E-state index < -0.39 is 40.7 Å². The van der Waals surface area contributed by atoms with Crippen LogP contribution in [0.5, 0.6) is 63.2 Å². The summed E-state index contributed by atoms with van der Waals surface area (Å²) in [6.07, 6.45) is 0. The van der Waals surface area contributed by atoms with Crippen molar-refractivity contribution in [3.8, 4) is 63.2 Å². The third kappa shape index (κ3) is 15.0. The fraction of sp³-hybridized carbons (Fsp3) is 0.0115. The maximum atomic E-state index is 13.8. The van der Waals surface area contributed by atoms with Crippen molar-refractivity contribution < 1.29 is 68.0 Å². The number of halogens is 1. The Hall–Kier alpha value is -13.0. The number of ether oxygens (including phenoxy) is 5. The Balaban J connectivity index is 0.568. The zero-order chi connectivity index (χ0) is 72.7. The van der Waals surface area contributed by atoms with Crippen molar-refractivity contribution in [3.63, 3.8) is 0 Å². The fourth-order valence-corrected chi connectivity index (χ4v) is 15.8. The maximum Gasteiger partial charge on any atom is 0.206 e. The Bertz CT molecular complexity index is 5740. The number of ketones is 2. The molecule has 516 valence electrons. The molecule has 0 amide bonds. The SMILES string of the molecule is O=C(c1ccc(F)cc1)c1ccc(Oc2ccc(C(c3ccccc3)(c3ccccc3)c3ccc(Oc4ccc(C(=O)c5ccc(Oc6ccc(S(=O)(=O)c7ccc(Oc8ccc(S(=O)(=O)c9ccc(Oc%10ccc(S(=O)(=O)c%11ccc(O)cc%11)cc%10)cc9)cc8)cc7)cc6)cc5)cc4)cc3)cc2)cc1. The number of rotatable bonds is 24. The van der Waals surface area contributed by atoms with Gasteiger partial charge in [-0.1, -0.05) is 84.9 Å². The highest BCUT2D eigenvalue weighted by Crippen LogP contribution is 2.47. The first-order valence-corrected chi connectivity index (χ1v) is 37.2. The average molecular weight is 1440 g/mol. The summed E-state index contributed by atoms with van der Waals surface area (Å²) in [6, 6.07) is 96.5. The Labute approximate surface area is 605 Å². The van der Waals surface area contributed by atoms with Gasteiger partial charge in [0.05, 0.1) is 34.8 Å². The van der Waals surface area contributed by atoms with Gasteiger partial charge in [0.25, 0.3) is 0 Å². The fourth-order valence-electron chi connectivity index (χ4n) is 12.0. The van der Waals surface area contributed by atoms with Crippen molar-refractivity contribution in [2.45, 2.75) is 34.8 Å². The van der Waals surface area contributed by atoms with Crippen molar-refractivity contribution in [3.05, 3.63) is 402 Å². The van der Waals surface area contributed by atoms with E-state index in [4.69, 9.17) is 23.7 Å². The Morgan fingerprint density at radius 1 is 0.238 bits per heavy atom. The molecule has 0 aliphatic carbocycles. The molecule has 0 heterocycles. The van der Waals surface area contributed by atoms with Crippen LogP contribution in [0.25, 0.3) is 0 Å². The molecule has 0 spiro atoms. The van der Waals surface area contributed by atoms with Gasteiger partial charge < -0.3 is 28.8 Å². The summed E-state index contributed by atoms with van der Waals surface area (Å²) in [4.78, 5) is 26.9. The van der Waals surface area contributed by atoms with Gasteiger partial charge in [-0.3, -0.25) is 9.59 Å². The number of carbonyl (C=O) groups excluding carboxylic acids is 2. The van der Waals surface area contributed by atoms with Gasteiger partial charge in [0.1, 0.15) is 69.1 Å². The maximum absolute atomic E-state index is 13.8. The van der Waals surface area contributed by atoms with Crippen molar-refractivity contribution in [2.24, 2.45) is 0 Å². The van der Waals surface area contributed by atoms with E-state index in [0.29, 0.717) is 79.7 Å². The number of hydrogen-bond donors (Lipinski definition) is 1. The molecule has 14 aromatic rings.